The van der Waals surface area contributed by atoms with E-state index in [-0.39, 0.29) is 0 Å². The van der Waals surface area contributed by atoms with Crippen molar-refractivity contribution in [3.05, 3.63) is 35.4 Å². The third kappa shape index (κ3) is 7.31. The largest absolute Gasteiger partial charge is 0.416 e. The predicted molar refractivity (Wildman–Crippen MR) is 90.6 cm³/mol. The van der Waals surface area contributed by atoms with Crippen LogP contribution in [-0.2, 0) is 22.7 Å². The van der Waals surface area contributed by atoms with Crippen LogP contribution >= 0.6 is 0 Å². The van der Waals surface area contributed by atoms with Crippen LogP contribution < -0.4 is 4.72 Å². The molecule has 0 spiro atoms. The predicted octanol–water partition coefficient (Wildman–Crippen LogP) is 1.76. The second-order valence-electron chi connectivity index (χ2n) is 6.34. The molecule has 1 aliphatic rings. The average Bonchev–Trinajstić information content (AvgIpc) is 2.52. The maximum atomic E-state index is 12.8. The van der Waals surface area contributed by atoms with E-state index < -0.39 is 21.8 Å². The molecule has 1 N–H and O–H groups in total. The van der Waals surface area contributed by atoms with E-state index in [4.69, 9.17) is 0 Å². The van der Waals surface area contributed by atoms with Crippen LogP contribution in [0.1, 0.15) is 17.5 Å². The van der Waals surface area contributed by atoms with Gasteiger partial charge in [-0.25, -0.2) is 13.1 Å². The summed E-state index contributed by atoms with van der Waals surface area (Å²) in [5.41, 5.74) is 0.0580. The summed E-state index contributed by atoms with van der Waals surface area (Å²) in [6.07, 6.45) is -2.44. The lowest BCUT2D eigenvalue weighted by Gasteiger charge is -2.34. The fourth-order valence-electron chi connectivity index (χ4n) is 2.84. The van der Waals surface area contributed by atoms with Crippen LogP contribution in [0, 0.1) is 0 Å². The summed E-state index contributed by atoms with van der Waals surface area (Å²) < 4.78 is 62.7. The van der Waals surface area contributed by atoms with Gasteiger partial charge in [0.15, 0.2) is 0 Å². The number of hydrogen-bond donors (Lipinski definition) is 1. The first-order chi connectivity index (χ1) is 11.6. The lowest BCUT2D eigenvalue weighted by molar-refractivity contribution is -0.137. The van der Waals surface area contributed by atoms with Gasteiger partial charge in [-0.1, -0.05) is 18.2 Å². The zero-order valence-electron chi connectivity index (χ0n) is 14.2. The smallest absolute Gasteiger partial charge is 0.301 e. The molecule has 25 heavy (non-hydrogen) atoms. The Kier molecular flexibility index (Phi) is 6.84. The molecule has 0 radical (unpaired) electrons. The summed E-state index contributed by atoms with van der Waals surface area (Å²) in [5.74, 6) is 0. The average molecular weight is 379 g/mol. The van der Waals surface area contributed by atoms with E-state index in [9.17, 15) is 21.6 Å². The summed E-state index contributed by atoms with van der Waals surface area (Å²) in [4.78, 5) is 4.38. The number of nitrogens with zero attached hydrogens (tertiary/aromatic N) is 2. The molecule has 0 aromatic heterocycles. The molecule has 1 heterocycles. The minimum Gasteiger partial charge on any atom is -0.301 e. The van der Waals surface area contributed by atoms with Crippen molar-refractivity contribution in [1.82, 2.24) is 14.5 Å². The normalized spacial score (nSPS) is 17.8. The van der Waals surface area contributed by atoms with Gasteiger partial charge in [0.1, 0.15) is 0 Å². The fraction of sp³-hybridized carbons (Fsp3) is 0.625. The van der Waals surface area contributed by atoms with E-state index in [2.05, 4.69) is 14.5 Å². The van der Waals surface area contributed by atoms with Gasteiger partial charge < -0.3 is 4.90 Å². The van der Waals surface area contributed by atoms with Gasteiger partial charge in [-0.15, -0.1) is 0 Å². The van der Waals surface area contributed by atoms with E-state index in [1.54, 1.807) is 6.07 Å². The monoisotopic (exact) mass is 379 g/mol. The Morgan fingerprint density at radius 1 is 1.12 bits per heavy atom. The van der Waals surface area contributed by atoms with Crippen molar-refractivity contribution in [3.8, 4) is 0 Å². The summed E-state index contributed by atoms with van der Waals surface area (Å²) in [7, 11) is -3.14. The molecule has 1 aliphatic heterocycles. The molecule has 0 bridgehead atoms. The van der Waals surface area contributed by atoms with Crippen LogP contribution in [0.2, 0.25) is 0 Å². The molecule has 0 unspecified atom stereocenters. The molecule has 0 aliphatic carbocycles. The van der Waals surface area contributed by atoms with Crippen molar-refractivity contribution < 1.29 is 21.6 Å². The Balaban J connectivity index is 1.74. The van der Waals surface area contributed by atoms with Crippen LogP contribution in [-0.4, -0.2) is 63.7 Å². The maximum absolute atomic E-state index is 12.8. The molecule has 1 fully saturated rings. The van der Waals surface area contributed by atoms with E-state index in [0.29, 0.717) is 18.7 Å². The number of rotatable bonds is 7. The molecule has 1 saturated heterocycles. The highest BCUT2D eigenvalue weighted by Crippen LogP contribution is 2.29. The van der Waals surface area contributed by atoms with Gasteiger partial charge in [0.2, 0.25) is 10.0 Å². The number of halogens is 3. The number of nitrogens with one attached hydrogen (secondary N) is 1. The maximum Gasteiger partial charge on any atom is 0.416 e. The van der Waals surface area contributed by atoms with Crippen molar-refractivity contribution in [2.24, 2.45) is 0 Å². The van der Waals surface area contributed by atoms with E-state index >= 15 is 0 Å². The first kappa shape index (κ1) is 20.2. The fourth-order valence-corrected chi connectivity index (χ4v) is 3.35. The Morgan fingerprint density at radius 3 is 2.36 bits per heavy atom. The highest BCUT2D eigenvalue weighted by Gasteiger charge is 2.30. The molecule has 0 atom stereocenters. The summed E-state index contributed by atoms with van der Waals surface area (Å²) in [5, 5.41) is 0. The van der Waals surface area contributed by atoms with Gasteiger partial charge in [-0.3, -0.25) is 4.90 Å². The highest BCUT2D eigenvalue weighted by molar-refractivity contribution is 7.88. The van der Waals surface area contributed by atoms with Gasteiger partial charge >= 0.3 is 6.18 Å². The highest BCUT2D eigenvalue weighted by atomic mass is 32.2. The molecule has 5 nitrogen and oxygen atoms in total. The summed E-state index contributed by atoms with van der Waals surface area (Å²) in [6.45, 7) is 4.97. The van der Waals surface area contributed by atoms with E-state index in [0.717, 1.165) is 51.5 Å². The molecule has 0 amide bonds. The van der Waals surface area contributed by atoms with Gasteiger partial charge in [-0.05, 0) is 24.6 Å². The second kappa shape index (κ2) is 8.48. The van der Waals surface area contributed by atoms with Gasteiger partial charge in [0.25, 0.3) is 0 Å². The lowest BCUT2D eigenvalue weighted by Crippen LogP contribution is -2.46. The number of hydrogen-bond acceptors (Lipinski definition) is 4. The minimum atomic E-state index is -4.31. The van der Waals surface area contributed by atoms with Gasteiger partial charge in [0, 0.05) is 39.3 Å². The molecule has 9 heteroatoms. The number of piperazine rings is 1. The Bertz CT molecular complexity index is 657. The number of benzene rings is 1. The topological polar surface area (TPSA) is 52.7 Å². The standard InChI is InChI=1S/C16H24F3N3O2S/c1-25(23,24)20-6-3-7-21-8-10-22(11-9-21)13-14-4-2-5-15(12-14)16(17,18)19/h2,4-5,12,20H,3,6-11,13H2,1H3. The zero-order valence-corrected chi connectivity index (χ0v) is 15.0. The third-order valence-corrected chi connectivity index (χ3v) is 4.87. The third-order valence-electron chi connectivity index (χ3n) is 4.14. The van der Waals surface area contributed by atoms with Crippen molar-refractivity contribution in [3.63, 3.8) is 0 Å². The summed E-state index contributed by atoms with van der Waals surface area (Å²) >= 11 is 0. The molecule has 1 aromatic carbocycles. The Hall–Kier alpha value is -1.16. The molecule has 142 valence electrons. The minimum absolute atomic E-state index is 0.420. The molecule has 2 rings (SSSR count). The van der Waals surface area contributed by atoms with Crippen LogP contribution in [0.3, 0.4) is 0 Å². The number of alkyl halides is 3. The first-order valence-corrected chi connectivity index (χ1v) is 10.1. The Morgan fingerprint density at radius 2 is 1.76 bits per heavy atom. The van der Waals surface area contributed by atoms with Gasteiger partial charge in [0.05, 0.1) is 11.8 Å². The Labute approximate surface area is 146 Å². The molecular weight excluding hydrogens is 355 g/mol. The van der Waals surface area contributed by atoms with Crippen LogP contribution in [0.5, 0.6) is 0 Å². The van der Waals surface area contributed by atoms with Crippen molar-refractivity contribution in [1.29, 1.82) is 0 Å². The quantitative estimate of drug-likeness (QED) is 0.734. The van der Waals surface area contributed by atoms with Crippen molar-refractivity contribution in [2.75, 3.05) is 45.5 Å². The lowest BCUT2D eigenvalue weighted by atomic mass is 10.1. The second-order valence-corrected chi connectivity index (χ2v) is 8.17. The van der Waals surface area contributed by atoms with Crippen molar-refractivity contribution >= 4 is 10.0 Å². The zero-order chi connectivity index (χ0) is 18.5. The van der Waals surface area contributed by atoms with E-state index in [1.807, 2.05) is 0 Å². The van der Waals surface area contributed by atoms with Gasteiger partial charge in [-0.2, -0.15) is 13.2 Å². The number of sulfonamides is 1. The van der Waals surface area contributed by atoms with Crippen molar-refractivity contribution in [2.45, 2.75) is 19.1 Å². The first-order valence-electron chi connectivity index (χ1n) is 8.19. The summed E-state index contributed by atoms with van der Waals surface area (Å²) in [6, 6.07) is 5.47. The van der Waals surface area contributed by atoms with Crippen LogP contribution in [0.25, 0.3) is 0 Å². The van der Waals surface area contributed by atoms with Crippen LogP contribution in [0.4, 0.5) is 13.2 Å². The van der Waals surface area contributed by atoms with Crippen LogP contribution in [0.15, 0.2) is 24.3 Å². The molecular formula is C16H24F3N3O2S. The van der Waals surface area contributed by atoms with E-state index in [1.165, 1.54) is 12.1 Å². The molecule has 0 saturated carbocycles. The molecule has 1 aromatic rings. The SMILES string of the molecule is CS(=O)(=O)NCCCN1CCN(Cc2cccc(C(F)(F)F)c2)CC1.